The van der Waals surface area contributed by atoms with E-state index in [-0.39, 0.29) is 27.8 Å². The Labute approximate surface area is 642 Å². The first-order valence-corrected chi connectivity index (χ1v) is 44.7. The topological polar surface area (TPSA) is 337 Å². The summed E-state index contributed by atoms with van der Waals surface area (Å²) in [6.07, 6.45) is 9.16. The molecule has 586 valence electrons. The molecule has 5 aromatic carbocycles. The Morgan fingerprint density at radius 3 is 1.04 bits per heavy atom. The fraction of sp³-hybridized carbons (Fsp3) is 0.513. The number of benzene rings is 5. The summed E-state index contributed by atoms with van der Waals surface area (Å²) in [5, 5.41) is 45.2. The third-order valence-electron chi connectivity index (χ3n) is 21.7. The van der Waals surface area contributed by atoms with Crippen LogP contribution in [0.25, 0.3) is 0 Å². The molecule has 0 bridgehead atoms. The van der Waals surface area contributed by atoms with E-state index in [0.717, 1.165) is 43.3 Å². The first-order chi connectivity index (χ1) is 52.2. The van der Waals surface area contributed by atoms with Gasteiger partial charge in [-0.3, -0.25) is 9.80 Å². The van der Waals surface area contributed by atoms with E-state index in [9.17, 15) is 29.5 Å². The second-order valence-electron chi connectivity index (χ2n) is 28.5. The number of nitrogens with zero attached hydrogens (tertiary/aromatic N) is 9. The summed E-state index contributed by atoms with van der Waals surface area (Å²) in [5.41, 5.74) is -15.9. The minimum absolute atomic E-state index is 0.0873. The van der Waals surface area contributed by atoms with Crippen molar-refractivity contribution in [2.24, 2.45) is 0 Å². The number of methoxy groups -OCH3 is 1. The molecule has 25 nitrogen and oxygen atoms in total. The predicted octanol–water partition coefficient (Wildman–Crippen LogP) is 11.2. The quantitative estimate of drug-likeness (QED) is 0.0278. The first kappa shape index (κ1) is 84.1. The third kappa shape index (κ3) is 20.1. The number of halogens is 1. The van der Waals surface area contributed by atoms with E-state index < -0.39 is 147 Å². The Kier molecular flexibility index (Phi) is 28.8. The molecular weight excluding hydrogens is 1500 g/mol. The maximum absolute atomic E-state index is 17.3. The van der Waals surface area contributed by atoms with Crippen LogP contribution in [-0.4, -0.2) is 185 Å². The van der Waals surface area contributed by atoms with Crippen LogP contribution >= 0.6 is 0 Å². The van der Waals surface area contributed by atoms with Gasteiger partial charge in [-0.1, -0.05) is 111 Å². The highest BCUT2D eigenvalue weighted by molar-refractivity contribution is 7.92. The van der Waals surface area contributed by atoms with Gasteiger partial charge in [-0.25, -0.2) is 21.1 Å². The molecule has 5 aromatic rings. The lowest BCUT2D eigenvalue weighted by molar-refractivity contribution is 0.130. The van der Waals surface area contributed by atoms with Crippen LogP contribution in [0, 0.1) is 51.1 Å². The SMILES string of the molecule is C=CCN1CCC(c2cccc(OS(=O)(=O)C(OS(=O)(=O)C(OS(=O)(=O)C(OS(=O)(=O)C(OS(C)(=O)=O)c3cccc(C4CCN(CC=C)CC4)c3C#N)c3cccc(C4CCN(CCOC)CC4)c3C#N)c3cccc(C4CCN(CC)CC4)c3C#N)c3cccc(C4CCN(CCC)CC4)c3C#N)c2F)CC1. The van der Waals surface area contributed by atoms with Gasteiger partial charge in [-0.2, -0.15) is 63.1 Å². The zero-order chi connectivity index (χ0) is 78.4. The van der Waals surface area contributed by atoms with Crippen molar-refractivity contribution in [3.63, 3.8) is 0 Å². The van der Waals surface area contributed by atoms with Crippen molar-refractivity contribution < 1.29 is 72.1 Å². The molecule has 10 rings (SSSR count). The molecule has 4 unspecified atom stereocenters. The zero-order valence-electron chi connectivity index (χ0n) is 62.0. The normalized spacial score (nSPS) is 19.2. The number of rotatable bonds is 33. The maximum Gasteiger partial charge on any atom is 0.342 e. The molecule has 0 aromatic heterocycles. The fourth-order valence-electron chi connectivity index (χ4n) is 16.0. The van der Waals surface area contributed by atoms with Gasteiger partial charge in [0.15, 0.2) is 11.6 Å². The lowest BCUT2D eigenvalue weighted by Gasteiger charge is -2.33. The van der Waals surface area contributed by atoms with Gasteiger partial charge in [0.25, 0.3) is 10.1 Å². The summed E-state index contributed by atoms with van der Waals surface area (Å²) < 4.78 is 208. The Bertz CT molecular complexity index is 4850. The molecule has 4 atom stereocenters. The van der Waals surface area contributed by atoms with Crippen LogP contribution < -0.4 is 4.18 Å². The molecule has 0 aliphatic carbocycles. The smallest absolute Gasteiger partial charge is 0.342 e. The number of likely N-dealkylation sites (tertiary alicyclic amines) is 5. The predicted molar refractivity (Wildman–Crippen MR) is 408 cm³/mol. The van der Waals surface area contributed by atoms with Crippen molar-refractivity contribution in [3.05, 3.63) is 194 Å². The lowest BCUT2D eigenvalue weighted by Crippen LogP contribution is -2.35. The largest absolute Gasteiger partial charge is 0.383 e. The number of piperidine rings is 5. The Hall–Kier alpha value is -7.38. The van der Waals surface area contributed by atoms with Crippen LogP contribution in [0.15, 0.2) is 116 Å². The second kappa shape index (κ2) is 37.3. The standard InChI is InChI=1S/C78H96FN9O16S5/c1-7-36-85-41-28-56(29-42-85)61-16-11-21-65(69(61)51-80)75(101-105(6,89)90)107(93,94)103-77(67-23-14-19-63(72(67)54-83)58-32-47-88(48-33-58)49-50-99-5)109(97,98)104-78(68-24-13-17-60(71(68)53-82)55-26-39-84(10-4)40-27-55)108(95,96)102-76(66-22-12-18-62(70(66)52-81)57-30-43-86(37-8-2)44-31-57)106(91,92)100-73-25-15-20-64(74(73)79)59-34-45-87(38-9-3)46-35-59/h7,9,11-25,55-59,75-78H,1,3,8,10,26-50H2,2,4-6H3. The van der Waals surface area contributed by atoms with E-state index in [4.69, 9.17) is 25.7 Å². The molecule has 109 heavy (non-hydrogen) atoms. The Morgan fingerprint density at radius 1 is 0.431 bits per heavy atom. The third-order valence-corrected chi connectivity index (χ3v) is 28.0. The highest BCUT2D eigenvalue weighted by Crippen LogP contribution is 2.48. The van der Waals surface area contributed by atoms with Crippen molar-refractivity contribution in [2.75, 3.05) is 118 Å². The summed E-state index contributed by atoms with van der Waals surface area (Å²) >= 11 is 0. The van der Waals surface area contributed by atoms with Crippen LogP contribution in [0.2, 0.25) is 0 Å². The van der Waals surface area contributed by atoms with Crippen molar-refractivity contribution in [2.45, 2.75) is 136 Å². The van der Waals surface area contributed by atoms with Crippen LogP contribution in [0.4, 0.5) is 4.39 Å². The van der Waals surface area contributed by atoms with Gasteiger partial charge in [-0.05, 0) is 213 Å². The second-order valence-corrected chi connectivity index (χ2v) is 36.5. The van der Waals surface area contributed by atoms with Crippen molar-refractivity contribution >= 4 is 50.6 Å². The van der Waals surface area contributed by atoms with Crippen LogP contribution in [0.1, 0.15) is 208 Å². The maximum atomic E-state index is 17.3. The van der Waals surface area contributed by atoms with E-state index >= 15 is 38.1 Å². The van der Waals surface area contributed by atoms with E-state index in [1.807, 2.05) is 32.1 Å². The Balaban J connectivity index is 1.16. The molecular formula is C78H96FN9O16S5. The fourth-order valence-corrected chi connectivity index (χ4v) is 23.3. The molecule has 5 aliphatic heterocycles. The van der Waals surface area contributed by atoms with Gasteiger partial charge in [0.1, 0.15) is 0 Å². The zero-order valence-corrected chi connectivity index (χ0v) is 66.1. The minimum atomic E-state index is -6.40. The molecule has 5 saturated heterocycles. The van der Waals surface area contributed by atoms with Crippen LogP contribution in [-0.2, 0) is 72.1 Å². The number of hydrogen-bond donors (Lipinski definition) is 0. The summed E-state index contributed by atoms with van der Waals surface area (Å²) in [6, 6.07) is 27.8. The molecule has 0 saturated carbocycles. The summed E-state index contributed by atoms with van der Waals surface area (Å²) in [4.78, 5) is 10.7. The van der Waals surface area contributed by atoms with Gasteiger partial charge in [0.2, 0.25) is 21.7 Å². The molecule has 0 amide bonds. The number of nitriles is 4. The first-order valence-electron chi connectivity index (χ1n) is 37.0. The average molecular weight is 1600 g/mol. The molecule has 31 heteroatoms. The van der Waals surface area contributed by atoms with Gasteiger partial charge < -0.3 is 23.6 Å². The van der Waals surface area contributed by atoms with E-state index in [1.165, 1.54) is 48.5 Å². The van der Waals surface area contributed by atoms with Crippen molar-refractivity contribution in [3.8, 4) is 30.0 Å². The Morgan fingerprint density at radius 2 is 0.725 bits per heavy atom. The van der Waals surface area contributed by atoms with Gasteiger partial charge in [-0.15, -0.1) is 13.2 Å². The van der Waals surface area contributed by atoms with E-state index in [2.05, 4.69) is 43.7 Å². The molecule has 5 fully saturated rings. The minimum Gasteiger partial charge on any atom is -0.383 e. The highest BCUT2D eigenvalue weighted by Gasteiger charge is 2.50. The molecule has 0 radical (unpaired) electrons. The summed E-state index contributed by atoms with van der Waals surface area (Å²) in [5.74, 6) is -4.25. The van der Waals surface area contributed by atoms with E-state index in [1.54, 1.807) is 31.4 Å². The highest BCUT2D eigenvalue weighted by atomic mass is 32.3. The molecule has 5 heterocycles. The molecule has 5 aliphatic rings. The summed E-state index contributed by atoms with van der Waals surface area (Å²) in [6.45, 7) is 20.4. The number of hydrogen-bond acceptors (Lipinski definition) is 25. The molecule has 0 N–H and O–H groups in total. The van der Waals surface area contributed by atoms with E-state index in [0.29, 0.717) is 180 Å². The van der Waals surface area contributed by atoms with Gasteiger partial charge in [0, 0.05) is 49.0 Å². The van der Waals surface area contributed by atoms with Gasteiger partial charge >= 0.3 is 40.5 Å². The summed E-state index contributed by atoms with van der Waals surface area (Å²) in [7, 11) is -28.1. The van der Waals surface area contributed by atoms with Crippen molar-refractivity contribution in [1.29, 1.82) is 21.0 Å². The molecule has 0 spiro atoms. The van der Waals surface area contributed by atoms with Gasteiger partial charge in [0.05, 0.1) is 59.4 Å². The monoisotopic (exact) mass is 1590 g/mol. The van der Waals surface area contributed by atoms with Crippen LogP contribution in [0.3, 0.4) is 0 Å². The average Bonchev–Trinajstić information content (AvgIpc) is 0.748. The van der Waals surface area contributed by atoms with Crippen molar-refractivity contribution in [1.82, 2.24) is 24.5 Å². The number of ether oxygens (including phenoxy) is 1. The van der Waals surface area contributed by atoms with Crippen LogP contribution in [0.5, 0.6) is 5.75 Å². The lowest BCUT2D eigenvalue weighted by atomic mass is 9.85.